The molecule has 0 saturated heterocycles. The number of rotatable bonds is 8. The summed E-state index contributed by atoms with van der Waals surface area (Å²) >= 11 is 6.47. The number of oxazole rings is 1. The SMILES string of the molecule is CCCCCCCCC(Cl)c1ccc2c(c1)oc(=O)n2C. The van der Waals surface area contributed by atoms with Crippen molar-refractivity contribution >= 4 is 22.7 Å². The number of benzene rings is 1. The van der Waals surface area contributed by atoms with Crippen LogP contribution in [0.25, 0.3) is 11.1 Å². The maximum Gasteiger partial charge on any atom is 0.419 e. The average Bonchev–Trinajstić information content (AvgIpc) is 2.77. The first-order chi connectivity index (χ1) is 10.1. The standard InChI is InChI=1S/C17H24ClNO2/c1-3-4-5-6-7-8-9-14(18)13-10-11-15-16(12-13)21-17(20)19(15)2/h10-12,14H,3-9H2,1-2H3. The van der Waals surface area contributed by atoms with E-state index in [2.05, 4.69) is 6.92 Å². The molecule has 1 aromatic carbocycles. The number of aryl methyl sites for hydroxylation is 1. The Morgan fingerprint density at radius 2 is 1.90 bits per heavy atom. The van der Waals surface area contributed by atoms with Gasteiger partial charge in [-0.25, -0.2) is 4.79 Å². The summed E-state index contributed by atoms with van der Waals surface area (Å²) in [6.07, 6.45) is 8.58. The summed E-state index contributed by atoms with van der Waals surface area (Å²) in [6, 6.07) is 5.80. The molecule has 0 radical (unpaired) electrons. The molecule has 1 atom stereocenters. The Bertz CT molecular complexity index is 629. The van der Waals surface area contributed by atoms with Crippen LogP contribution in [-0.4, -0.2) is 4.57 Å². The van der Waals surface area contributed by atoms with Gasteiger partial charge in [0.15, 0.2) is 5.58 Å². The lowest BCUT2D eigenvalue weighted by atomic mass is 10.0. The van der Waals surface area contributed by atoms with Gasteiger partial charge in [-0.05, 0) is 24.1 Å². The molecule has 0 aliphatic rings. The van der Waals surface area contributed by atoms with Crippen LogP contribution in [0.4, 0.5) is 0 Å². The van der Waals surface area contributed by atoms with Crippen LogP contribution in [0, 0.1) is 0 Å². The summed E-state index contributed by atoms with van der Waals surface area (Å²) in [5, 5.41) is -0.00826. The summed E-state index contributed by atoms with van der Waals surface area (Å²) in [7, 11) is 1.71. The number of nitrogens with zero attached hydrogens (tertiary/aromatic N) is 1. The van der Waals surface area contributed by atoms with Crippen LogP contribution in [0.1, 0.15) is 62.8 Å². The van der Waals surface area contributed by atoms with Crippen LogP contribution in [0.3, 0.4) is 0 Å². The predicted octanol–water partition coefficient (Wildman–Crippen LogP) is 5.16. The molecule has 0 saturated carbocycles. The fourth-order valence-electron chi connectivity index (χ4n) is 2.62. The third-order valence-electron chi connectivity index (χ3n) is 3.99. The van der Waals surface area contributed by atoms with Crippen molar-refractivity contribution in [2.75, 3.05) is 0 Å². The molecule has 21 heavy (non-hydrogen) atoms. The third kappa shape index (κ3) is 4.13. The van der Waals surface area contributed by atoms with E-state index in [4.69, 9.17) is 16.0 Å². The molecule has 1 aromatic heterocycles. The van der Waals surface area contributed by atoms with Crippen LogP contribution in [-0.2, 0) is 7.05 Å². The predicted molar refractivity (Wildman–Crippen MR) is 88.0 cm³/mol. The maximum atomic E-state index is 11.5. The summed E-state index contributed by atoms with van der Waals surface area (Å²) in [4.78, 5) is 11.5. The number of unbranched alkanes of at least 4 members (excludes halogenated alkanes) is 5. The van der Waals surface area contributed by atoms with Gasteiger partial charge in [0.25, 0.3) is 0 Å². The third-order valence-corrected chi connectivity index (χ3v) is 4.46. The lowest BCUT2D eigenvalue weighted by molar-refractivity contribution is 0.527. The fraction of sp³-hybridized carbons (Fsp3) is 0.588. The highest BCUT2D eigenvalue weighted by Crippen LogP contribution is 2.29. The Morgan fingerprint density at radius 3 is 2.67 bits per heavy atom. The molecule has 0 N–H and O–H groups in total. The van der Waals surface area contributed by atoms with Crippen molar-refractivity contribution < 1.29 is 4.42 Å². The van der Waals surface area contributed by atoms with Gasteiger partial charge in [-0.15, -0.1) is 11.6 Å². The maximum absolute atomic E-state index is 11.5. The Hall–Kier alpha value is -1.22. The highest BCUT2D eigenvalue weighted by molar-refractivity contribution is 6.20. The molecule has 0 amide bonds. The molecule has 0 spiro atoms. The fourth-order valence-corrected chi connectivity index (χ4v) is 2.91. The van der Waals surface area contributed by atoms with Gasteiger partial charge in [-0.2, -0.15) is 0 Å². The summed E-state index contributed by atoms with van der Waals surface area (Å²) in [6.45, 7) is 2.23. The van der Waals surface area contributed by atoms with E-state index in [1.165, 1.54) is 36.7 Å². The first kappa shape index (κ1) is 16.2. The number of alkyl halides is 1. The molecular weight excluding hydrogens is 286 g/mol. The highest BCUT2D eigenvalue weighted by atomic mass is 35.5. The van der Waals surface area contributed by atoms with E-state index >= 15 is 0 Å². The van der Waals surface area contributed by atoms with E-state index in [-0.39, 0.29) is 11.1 Å². The average molecular weight is 310 g/mol. The smallest absolute Gasteiger partial charge is 0.408 e. The zero-order chi connectivity index (χ0) is 15.2. The Labute approximate surface area is 130 Å². The molecular formula is C17H24ClNO2. The first-order valence-corrected chi connectivity index (χ1v) is 8.30. The molecule has 4 heteroatoms. The minimum Gasteiger partial charge on any atom is -0.408 e. The molecule has 0 aliphatic heterocycles. The van der Waals surface area contributed by atoms with Gasteiger partial charge >= 0.3 is 5.76 Å². The molecule has 116 valence electrons. The normalized spacial score (nSPS) is 12.9. The van der Waals surface area contributed by atoms with Crippen molar-refractivity contribution in [1.82, 2.24) is 4.57 Å². The monoisotopic (exact) mass is 309 g/mol. The zero-order valence-electron chi connectivity index (χ0n) is 12.9. The number of fused-ring (bicyclic) bond motifs is 1. The Balaban J connectivity index is 1.90. The second-order valence-corrected chi connectivity index (χ2v) is 6.20. The van der Waals surface area contributed by atoms with Crippen LogP contribution >= 0.6 is 11.6 Å². The van der Waals surface area contributed by atoms with Crippen molar-refractivity contribution in [2.24, 2.45) is 7.05 Å². The van der Waals surface area contributed by atoms with E-state index in [1.807, 2.05) is 18.2 Å². The van der Waals surface area contributed by atoms with Gasteiger partial charge in [0.1, 0.15) is 0 Å². The number of aromatic nitrogens is 1. The van der Waals surface area contributed by atoms with Gasteiger partial charge in [-0.3, -0.25) is 4.57 Å². The second-order valence-electron chi connectivity index (χ2n) is 5.68. The molecule has 2 rings (SSSR count). The van der Waals surface area contributed by atoms with Crippen LogP contribution in [0.2, 0.25) is 0 Å². The summed E-state index contributed by atoms with van der Waals surface area (Å²) in [5.74, 6) is -0.329. The van der Waals surface area contributed by atoms with Crippen molar-refractivity contribution in [2.45, 2.75) is 57.2 Å². The Kier molecular flexibility index (Phi) is 5.92. The molecule has 0 bridgehead atoms. The van der Waals surface area contributed by atoms with E-state index in [1.54, 1.807) is 7.05 Å². The molecule has 1 unspecified atom stereocenters. The van der Waals surface area contributed by atoms with Crippen LogP contribution in [0.5, 0.6) is 0 Å². The molecule has 1 heterocycles. The summed E-state index contributed by atoms with van der Waals surface area (Å²) < 4.78 is 6.72. The minimum atomic E-state index is -0.329. The summed E-state index contributed by atoms with van der Waals surface area (Å²) in [5.41, 5.74) is 2.47. The van der Waals surface area contributed by atoms with Crippen LogP contribution in [0.15, 0.2) is 27.4 Å². The molecule has 0 fully saturated rings. The minimum absolute atomic E-state index is 0.00826. The molecule has 0 aliphatic carbocycles. The van der Waals surface area contributed by atoms with Gasteiger partial charge in [0.05, 0.1) is 10.9 Å². The lowest BCUT2D eigenvalue weighted by Gasteiger charge is -2.09. The van der Waals surface area contributed by atoms with Crippen molar-refractivity contribution in [3.8, 4) is 0 Å². The van der Waals surface area contributed by atoms with Crippen molar-refractivity contribution in [1.29, 1.82) is 0 Å². The van der Waals surface area contributed by atoms with Crippen molar-refractivity contribution in [3.05, 3.63) is 34.3 Å². The second kappa shape index (κ2) is 7.69. The lowest BCUT2D eigenvalue weighted by Crippen LogP contribution is -2.08. The number of hydrogen-bond acceptors (Lipinski definition) is 2. The molecule has 2 aromatic rings. The van der Waals surface area contributed by atoms with E-state index in [9.17, 15) is 4.79 Å². The Morgan fingerprint density at radius 1 is 1.19 bits per heavy atom. The zero-order valence-corrected chi connectivity index (χ0v) is 13.7. The topological polar surface area (TPSA) is 35.1 Å². The largest absolute Gasteiger partial charge is 0.419 e. The van der Waals surface area contributed by atoms with Crippen LogP contribution < -0.4 is 5.76 Å². The quantitative estimate of drug-likeness (QED) is 0.498. The van der Waals surface area contributed by atoms with E-state index < -0.39 is 0 Å². The van der Waals surface area contributed by atoms with Gasteiger partial charge < -0.3 is 4.42 Å². The van der Waals surface area contributed by atoms with E-state index in [0.29, 0.717) is 5.58 Å². The molecule has 3 nitrogen and oxygen atoms in total. The van der Waals surface area contributed by atoms with E-state index in [0.717, 1.165) is 23.9 Å². The number of hydrogen-bond donors (Lipinski definition) is 0. The van der Waals surface area contributed by atoms with Gasteiger partial charge in [0, 0.05) is 7.05 Å². The highest BCUT2D eigenvalue weighted by Gasteiger charge is 2.11. The van der Waals surface area contributed by atoms with Gasteiger partial charge in [-0.1, -0.05) is 51.5 Å². The first-order valence-electron chi connectivity index (χ1n) is 7.87. The van der Waals surface area contributed by atoms with Gasteiger partial charge in [0.2, 0.25) is 0 Å². The number of halogens is 1. The van der Waals surface area contributed by atoms with Crippen molar-refractivity contribution in [3.63, 3.8) is 0 Å².